The largest absolute Gasteiger partial charge is 0.476 e. The quantitative estimate of drug-likeness (QED) is 0.0513. The van der Waals surface area contributed by atoms with Crippen LogP contribution in [0.3, 0.4) is 0 Å². The molecule has 6 N–H and O–H groups in total. The Hall–Kier alpha value is -8.33. The molecule has 14 heteroatoms. The zero-order valence-electron chi connectivity index (χ0n) is 40.7. The maximum atomic E-state index is 12.9. The van der Waals surface area contributed by atoms with Gasteiger partial charge in [0.25, 0.3) is 5.91 Å². The van der Waals surface area contributed by atoms with E-state index in [-0.39, 0.29) is 17.1 Å². The van der Waals surface area contributed by atoms with Crippen LogP contribution in [0, 0.1) is 13.8 Å². The molecule has 0 aliphatic rings. The van der Waals surface area contributed by atoms with Crippen molar-refractivity contribution in [2.75, 3.05) is 18.4 Å². The van der Waals surface area contributed by atoms with E-state index in [4.69, 9.17) is 20.3 Å². The molecule has 8 rings (SSSR count). The van der Waals surface area contributed by atoms with Crippen molar-refractivity contribution in [2.45, 2.75) is 66.1 Å². The van der Waals surface area contributed by atoms with Crippen molar-refractivity contribution in [1.29, 1.82) is 0 Å². The number of aryl methyl sites for hydroxylation is 2. The molecule has 2 amide bonds. The standard InChI is InChI=1S/C30H34N4O2.C22H22N2O2.C5H5NO3/c1-22-20-28(34(33-22)30(2,3)4)29(35)32-25-12-16-27(17-13-25)36-26-14-10-23(11-15-26)18-19-31-21-24-8-6-5-7-9-24;23-22(25)19-8-12-21(13-9-19)26-20-10-6-17(7-11-20)14-15-24-16-18-4-2-1-3-5-18;1-3-2-4(5(7)8)6-9-3/h5-17,20,31H,18-19,21H2,1-4H3,(H,32,35);1-13,24H,14-16H2,(H2,23,25);2H,1H3,(H,7,8). The maximum Gasteiger partial charge on any atom is 0.358 e. The summed E-state index contributed by atoms with van der Waals surface area (Å²) in [6, 6.07) is 54.3. The number of aromatic carboxylic acids is 1. The van der Waals surface area contributed by atoms with Crippen molar-refractivity contribution < 1.29 is 33.5 Å². The smallest absolute Gasteiger partial charge is 0.358 e. The van der Waals surface area contributed by atoms with Crippen LogP contribution in [0.5, 0.6) is 23.0 Å². The van der Waals surface area contributed by atoms with E-state index in [2.05, 4.69) is 104 Å². The fourth-order valence-corrected chi connectivity index (χ4v) is 6.97. The number of carbonyl (C=O) groups is 3. The molecule has 0 aliphatic carbocycles. The average Bonchev–Trinajstić information content (AvgIpc) is 4.01. The van der Waals surface area contributed by atoms with Crippen molar-refractivity contribution in [1.82, 2.24) is 25.6 Å². The van der Waals surface area contributed by atoms with Gasteiger partial charge in [0.1, 0.15) is 34.5 Å². The van der Waals surface area contributed by atoms with E-state index in [1.165, 1.54) is 28.3 Å². The number of rotatable bonds is 18. The highest BCUT2D eigenvalue weighted by Gasteiger charge is 2.23. The van der Waals surface area contributed by atoms with Crippen LogP contribution in [0.1, 0.15) is 85.8 Å². The lowest BCUT2D eigenvalue weighted by Gasteiger charge is -2.22. The van der Waals surface area contributed by atoms with Crippen LogP contribution in [0.25, 0.3) is 0 Å². The number of carboxylic acid groups (broad SMARTS) is 1. The SMILES string of the molecule is Cc1cc(C(=O)Nc2ccc(Oc3ccc(CCNCc4ccccc4)cc3)cc2)n(C(C)(C)C)n1.Cc1cc(C(=O)O)no1.NC(=O)c1ccc(Oc2ccc(CCNCc3ccccc3)cc2)cc1. The Morgan fingerprint density at radius 3 is 1.46 bits per heavy atom. The molecular weight excluding hydrogens is 895 g/mol. The molecule has 8 aromatic rings. The third-order valence-electron chi connectivity index (χ3n) is 10.6. The first-order valence-corrected chi connectivity index (χ1v) is 23.3. The predicted octanol–water partition coefficient (Wildman–Crippen LogP) is 10.9. The third kappa shape index (κ3) is 17.3. The summed E-state index contributed by atoms with van der Waals surface area (Å²) < 4.78 is 18.0. The Balaban J connectivity index is 0.000000204. The van der Waals surface area contributed by atoms with Gasteiger partial charge < -0.3 is 40.8 Å². The van der Waals surface area contributed by atoms with Gasteiger partial charge in [-0.2, -0.15) is 5.10 Å². The van der Waals surface area contributed by atoms with Gasteiger partial charge in [-0.15, -0.1) is 0 Å². The normalized spacial score (nSPS) is 10.8. The van der Waals surface area contributed by atoms with Crippen molar-refractivity contribution >= 4 is 23.5 Å². The van der Waals surface area contributed by atoms with Crippen LogP contribution in [0.2, 0.25) is 0 Å². The number of anilines is 1. The van der Waals surface area contributed by atoms with Crippen molar-refractivity contribution in [2.24, 2.45) is 5.73 Å². The fourth-order valence-electron chi connectivity index (χ4n) is 6.97. The highest BCUT2D eigenvalue weighted by Crippen LogP contribution is 2.25. The summed E-state index contributed by atoms with van der Waals surface area (Å²) in [5.41, 5.74) is 12.5. The average molecular weight is 956 g/mol. The number of benzene rings is 6. The first-order chi connectivity index (χ1) is 34.2. The Morgan fingerprint density at radius 1 is 0.620 bits per heavy atom. The van der Waals surface area contributed by atoms with E-state index in [1.54, 1.807) is 41.9 Å². The molecule has 0 unspecified atom stereocenters. The Kier molecular flexibility index (Phi) is 19.0. The molecule has 14 nitrogen and oxygen atoms in total. The number of amides is 2. The summed E-state index contributed by atoms with van der Waals surface area (Å²) >= 11 is 0. The van der Waals surface area contributed by atoms with Gasteiger partial charge in [0.15, 0.2) is 5.69 Å². The third-order valence-corrected chi connectivity index (χ3v) is 10.6. The molecule has 71 heavy (non-hydrogen) atoms. The summed E-state index contributed by atoms with van der Waals surface area (Å²) in [5.74, 6) is 1.73. The zero-order valence-corrected chi connectivity index (χ0v) is 40.7. The number of nitrogens with two attached hydrogens (primary N) is 1. The molecular formula is C57H61N7O7. The van der Waals surface area contributed by atoms with E-state index in [0.29, 0.717) is 34.2 Å². The molecule has 366 valence electrons. The molecule has 6 aromatic carbocycles. The Labute approximate surface area is 414 Å². The van der Waals surface area contributed by atoms with Crippen LogP contribution in [0.4, 0.5) is 5.69 Å². The number of hydrogen-bond acceptors (Lipinski definition) is 10. The minimum Gasteiger partial charge on any atom is -0.476 e. The second-order valence-electron chi connectivity index (χ2n) is 17.6. The van der Waals surface area contributed by atoms with Gasteiger partial charge >= 0.3 is 5.97 Å². The molecule has 0 bridgehead atoms. The molecule has 2 heterocycles. The van der Waals surface area contributed by atoms with E-state index in [1.807, 2.05) is 88.4 Å². The Morgan fingerprint density at radius 2 is 1.07 bits per heavy atom. The lowest BCUT2D eigenvalue weighted by molar-refractivity contribution is 0.0685. The number of ether oxygens (including phenoxy) is 2. The first kappa shape index (κ1) is 52.0. The highest BCUT2D eigenvalue weighted by atomic mass is 16.5. The molecule has 0 spiro atoms. The van der Waals surface area contributed by atoms with Gasteiger partial charge in [-0.3, -0.25) is 14.3 Å². The van der Waals surface area contributed by atoms with Crippen LogP contribution < -0.4 is 31.2 Å². The van der Waals surface area contributed by atoms with Crippen LogP contribution in [-0.2, 0) is 31.5 Å². The highest BCUT2D eigenvalue weighted by molar-refractivity contribution is 6.03. The number of nitrogens with zero attached hydrogens (tertiary/aromatic N) is 3. The van der Waals surface area contributed by atoms with Crippen LogP contribution in [0.15, 0.2) is 174 Å². The summed E-state index contributed by atoms with van der Waals surface area (Å²) in [6.45, 7) is 13.2. The second-order valence-corrected chi connectivity index (χ2v) is 17.6. The van der Waals surface area contributed by atoms with E-state index in [0.717, 1.165) is 56.2 Å². The number of hydrogen-bond donors (Lipinski definition) is 5. The van der Waals surface area contributed by atoms with Gasteiger partial charge in [0.05, 0.1) is 11.2 Å². The minimum absolute atomic E-state index is 0.0486. The topological polar surface area (TPSA) is 196 Å². The van der Waals surface area contributed by atoms with Gasteiger partial charge in [-0.05, 0) is 162 Å². The fraction of sp³-hybridized carbons (Fsp3) is 0.211. The van der Waals surface area contributed by atoms with Crippen molar-refractivity contribution in [3.05, 3.63) is 221 Å². The van der Waals surface area contributed by atoms with Crippen molar-refractivity contribution in [3.8, 4) is 23.0 Å². The molecule has 0 radical (unpaired) electrons. The second kappa shape index (κ2) is 25.9. The monoisotopic (exact) mass is 955 g/mol. The molecule has 0 fully saturated rings. The number of nitrogens with one attached hydrogen (secondary N) is 3. The van der Waals surface area contributed by atoms with Gasteiger partial charge in [-0.1, -0.05) is 90.1 Å². The summed E-state index contributed by atoms with van der Waals surface area (Å²) in [6.07, 6.45) is 1.91. The van der Waals surface area contributed by atoms with E-state index < -0.39 is 11.9 Å². The number of primary amides is 1. The molecule has 0 saturated heterocycles. The van der Waals surface area contributed by atoms with Crippen LogP contribution >= 0.6 is 0 Å². The summed E-state index contributed by atoms with van der Waals surface area (Å²) in [5, 5.41) is 25.9. The molecule has 0 saturated carbocycles. The van der Waals surface area contributed by atoms with Gasteiger partial charge in [0.2, 0.25) is 5.91 Å². The zero-order chi connectivity index (χ0) is 50.6. The van der Waals surface area contributed by atoms with Crippen molar-refractivity contribution in [3.63, 3.8) is 0 Å². The number of aromatic nitrogens is 3. The summed E-state index contributed by atoms with van der Waals surface area (Å²) in [7, 11) is 0. The van der Waals surface area contributed by atoms with E-state index >= 15 is 0 Å². The molecule has 2 aromatic heterocycles. The van der Waals surface area contributed by atoms with E-state index in [9.17, 15) is 14.4 Å². The predicted molar refractivity (Wildman–Crippen MR) is 276 cm³/mol. The molecule has 0 aliphatic heterocycles. The van der Waals surface area contributed by atoms with Gasteiger partial charge in [0, 0.05) is 30.4 Å². The lowest BCUT2D eigenvalue weighted by atomic mass is 10.1. The minimum atomic E-state index is -1.06. The Bertz CT molecular complexity index is 2890. The molecule has 0 atom stereocenters. The summed E-state index contributed by atoms with van der Waals surface area (Å²) in [4.78, 5) is 34.0. The van der Waals surface area contributed by atoms with Gasteiger partial charge in [-0.25, -0.2) is 4.79 Å². The maximum absolute atomic E-state index is 12.9. The van der Waals surface area contributed by atoms with Crippen LogP contribution in [-0.4, -0.2) is 50.9 Å². The first-order valence-electron chi connectivity index (χ1n) is 23.3. The number of carbonyl (C=O) groups excluding carboxylic acids is 2. The lowest BCUT2D eigenvalue weighted by Crippen LogP contribution is -2.29. The number of carboxylic acids is 1.